The minimum Gasteiger partial charge on any atom is -0.427 e. The Kier molecular flexibility index (Phi) is 8.59. The van der Waals surface area contributed by atoms with Gasteiger partial charge in [0.25, 0.3) is 5.09 Å². The average Bonchev–Trinajstić information content (AvgIpc) is 3.32. The molecule has 4 aromatic rings. The lowest BCUT2D eigenvalue weighted by Crippen LogP contribution is -2.16. The lowest BCUT2D eigenvalue weighted by atomic mass is 9.98. The van der Waals surface area contributed by atoms with Crippen molar-refractivity contribution in [2.24, 2.45) is 0 Å². The van der Waals surface area contributed by atoms with E-state index < -0.39 is 17.0 Å². The van der Waals surface area contributed by atoms with Crippen LogP contribution in [0.5, 0.6) is 11.5 Å². The standard InChI is InChI=1S/C26H21NO7S3/c1-16(26(29)34-21-9-6-17(7-10-21)23-15-25(35)37-36-23)18-4-5-20-14-22(11-8-19(20)13-18)33-24(28)3-2-12-32-27(30)31/h4-11,13-16H,2-3,12H2,1H3/t16-/m0/s1. The molecular formula is C26H21NO7S3. The first-order valence-electron chi connectivity index (χ1n) is 11.2. The van der Waals surface area contributed by atoms with Crippen LogP contribution in [0, 0.1) is 13.9 Å². The summed E-state index contributed by atoms with van der Waals surface area (Å²) in [7, 11) is 3.16. The van der Waals surface area contributed by atoms with Crippen molar-refractivity contribution in [3.8, 4) is 21.9 Å². The Morgan fingerprint density at radius 3 is 2.35 bits per heavy atom. The van der Waals surface area contributed by atoms with Crippen LogP contribution in [0.4, 0.5) is 0 Å². The minimum atomic E-state index is -0.898. The highest BCUT2D eigenvalue weighted by Gasteiger charge is 2.18. The predicted octanol–water partition coefficient (Wildman–Crippen LogP) is 6.96. The van der Waals surface area contributed by atoms with Crippen LogP contribution < -0.4 is 9.47 Å². The molecule has 0 saturated carbocycles. The monoisotopic (exact) mass is 555 g/mol. The fourth-order valence-electron chi connectivity index (χ4n) is 3.51. The van der Waals surface area contributed by atoms with Crippen molar-refractivity contribution in [1.82, 2.24) is 0 Å². The van der Waals surface area contributed by atoms with E-state index in [1.54, 1.807) is 57.9 Å². The van der Waals surface area contributed by atoms with E-state index in [2.05, 4.69) is 4.84 Å². The highest BCUT2D eigenvalue weighted by molar-refractivity contribution is 7.80. The Morgan fingerprint density at radius 2 is 1.65 bits per heavy atom. The van der Waals surface area contributed by atoms with Gasteiger partial charge in [0.15, 0.2) is 0 Å². The van der Waals surface area contributed by atoms with Crippen LogP contribution in [0.3, 0.4) is 0 Å². The van der Waals surface area contributed by atoms with Gasteiger partial charge in [-0.2, -0.15) is 0 Å². The predicted molar refractivity (Wildman–Crippen MR) is 144 cm³/mol. The number of ether oxygens (including phenoxy) is 2. The van der Waals surface area contributed by atoms with Crippen molar-refractivity contribution in [2.75, 3.05) is 6.61 Å². The fraction of sp³-hybridized carbons (Fsp3) is 0.192. The van der Waals surface area contributed by atoms with Crippen LogP contribution in [-0.2, 0) is 14.4 Å². The topological polar surface area (TPSA) is 105 Å². The van der Waals surface area contributed by atoms with Gasteiger partial charge < -0.3 is 14.3 Å². The SMILES string of the molecule is C[C@H](C(=O)Oc1ccc(-c2cc(=S)ss2)cc1)c1ccc2cc(OC(=O)CCCO[N+](=O)[O-])ccc2c1. The molecule has 8 nitrogen and oxygen atoms in total. The molecule has 190 valence electrons. The molecule has 0 unspecified atom stereocenters. The minimum absolute atomic E-state index is 0.00284. The third-order valence-electron chi connectivity index (χ3n) is 5.46. The molecule has 3 aromatic carbocycles. The summed E-state index contributed by atoms with van der Waals surface area (Å²) in [6, 6.07) is 20.1. The second-order valence-electron chi connectivity index (χ2n) is 8.06. The van der Waals surface area contributed by atoms with Crippen molar-refractivity contribution < 1.29 is 29.0 Å². The maximum atomic E-state index is 12.8. The van der Waals surface area contributed by atoms with Crippen LogP contribution in [0.15, 0.2) is 66.7 Å². The van der Waals surface area contributed by atoms with Gasteiger partial charge in [0.05, 0.1) is 12.5 Å². The van der Waals surface area contributed by atoms with Crippen LogP contribution in [0.1, 0.15) is 31.2 Å². The number of carbonyl (C=O) groups is 2. The van der Waals surface area contributed by atoms with Gasteiger partial charge in [0.2, 0.25) is 0 Å². The maximum Gasteiger partial charge on any atom is 0.318 e. The van der Waals surface area contributed by atoms with Crippen molar-refractivity contribution in [1.29, 1.82) is 0 Å². The summed E-state index contributed by atoms with van der Waals surface area (Å²) in [5.74, 6) is -0.539. The second kappa shape index (κ2) is 12.0. The van der Waals surface area contributed by atoms with Gasteiger partial charge in [-0.15, -0.1) is 10.1 Å². The van der Waals surface area contributed by atoms with E-state index in [1.807, 2.05) is 36.4 Å². The molecule has 11 heteroatoms. The zero-order valence-electron chi connectivity index (χ0n) is 19.6. The Hall–Kier alpha value is -3.67. The van der Waals surface area contributed by atoms with E-state index in [4.69, 9.17) is 21.7 Å². The van der Waals surface area contributed by atoms with Crippen molar-refractivity contribution in [3.63, 3.8) is 0 Å². The van der Waals surface area contributed by atoms with E-state index in [-0.39, 0.29) is 25.4 Å². The van der Waals surface area contributed by atoms with Crippen LogP contribution >= 0.6 is 32.9 Å². The van der Waals surface area contributed by atoms with Gasteiger partial charge in [-0.05, 0) is 77.7 Å². The molecule has 0 saturated heterocycles. The third kappa shape index (κ3) is 7.19. The number of benzene rings is 3. The third-order valence-corrected chi connectivity index (χ3v) is 8.37. The lowest BCUT2D eigenvalue weighted by Gasteiger charge is -2.13. The fourth-order valence-corrected chi connectivity index (χ4v) is 5.92. The molecule has 0 aliphatic rings. The molecule has 0 aliphatic heterocycles. The summed E-state index contributed by atoms with van der Waals surface area (Å²) < 4.78 is 11.7. The highest BCUT2D eigenvalue weighted by atomic mass is 32.9. The van der Waals surface area contributed by atoms with E-state index in [0.29, 0.717) is 11.5 Å². The van der Waals surface area contributed by atoms with Gasteiger partial charge in [-0.1, -0.05) is 57.2 Å². The van der Waals surface area contributed by atoms with Crippen LogP contribution in [0.25, 0.3) is 21.2 Å². The molecule has 37 heavy (non-hydrogen) atoms. The van der Waals surface area contributed by atoms with Gasteiger partial charge in [0, 0.05) is 11.3 Å². The number of nitrogens with zero attached hydrogens (tertiary/aromatic N) is 1. The summed E-state index contributed by atoms with van der Waals surface area (Å²) in [5, 5.41) is 10.9. The van der Waals surface area contributed by atoms with Gasteiger partial charge in [0.1, 0.15) is 15.3 Å². The first-order chi connectivity index (χ1) is 17.8. The Labute approximate surface area is 224 Å². The number of fused-ring (bicyclic) bond motifs is 1. The first kappa shape index (κ1) is 26.4. The van der Waals surface area contributed by atoms with E-state index in [0.717, 1.165) is 30.6 Å². The molecule has 0 radical (unpaired) electrons. The van der Waals surface area contributed by atoms with Crippen molar-refractivity contribution >= 4 is 55.6 Å². The summed E-state index contributed by atoms with van der Waals surface area (Å²) >= 11 is 5.19. The summed E-state index contributed by atoms with van der Waals surface area (Å²) in [5.41, 5.74) is 1.82. The molecule has 4 rings (SSSR count). The molecule has 1 aromatic heterocycles. The van der Waals surface area contributed by atoms with Crippen molar-refractivity contribution in [3.05, 3.63) is 86.2 Å². The van der Waals surface area contributed by atoms with Gasteiger partial charge in [-0.3, -0.25) is 9.59 Å². The second-order valence-corrected chi connectivity index (χ2v) is 11.0. The molecule has 0 spiro atoms. The number of carbonyl (C=O) groups excluding carboxylic acids is 2. The van der Waals surface area contributed by atoms with E-state index in [9.17, 15) is 19.7 Å². The lowest BCUT2D eigenvalue weighted by molar-refractivity contribution is -0.757. The first-order valence-corrected chi connectivity index (χ1v) is 13.8. The smallest absolute Gasteiger partial charge is 0.318 e. The average molecular weight is 556 g/mol. The van der Waals surface area contributed by atoms with Gasteiger partial charge in [-0.25, -0.2) is 0 Å². The molecule has 0 amide bonds. The molecule has 1 heterocycles. The molecule has 0 fully saturated rings. The molecular weight excluding hydrogens is 534 g/mol. The van der Waals surface area contributed by atoms with Crippen LogP contribution in [-0.4, -0.2) is 23.6 Å². The molecule has 0 aliphatic carbocycles. The van der Waals surface area contributed by atoms with Crippen molar-refractivity contribution in [2.45, 2.75) is 25.7 Å². The summed E-state index contributed by atoms with van der Waals surface area (Å²) in [6.45, 7) is 1.62. The quantitative estimate of drug-likeness (QED) is 0.0393. The number of hydrogen-bond donors (Lipinski definition) is 0. The molecule has 0 bridgehead atoms. The van der Waals surface area contributed by atoms with Crippen LogP contribution in [0.2, 0.25) is 0 Å². The highest BCUT2D eigenvalue weighted by Crippen LogP contribution is 2.31. The zero-order valence-corrected chi connectivity index (χ0v) is 22.0. The number of hydrogen-bond acceptors (Lipinski definition) is 10. The van der Waals surface area contributed by atoms with E-state index in [1.165, 1.54) is 0 Å². The maximum absolute atomic E-state index is 12.8. The Balaban J connectivity index is 1.36. The number of rotatable bonds is 10. The molecule has 0 N–H and O–H groups in total. The Morgan fingerprint density at radius 1 is 0.946 bits per heavy atom. The number of esters is 2. The normalized spacial score (nSPS) is 11.6. The summed E-state index contributed by atoms with van der Waals surface area (Å²) in [6.07, 6.45) is 0.178. The molecule has 1 atom stereocenters. The zero-order chi connectivity index (χ0) is 26.4. The Bertz CT molecular complexity index is 1490. The summed E-state index contributed by atoms with van der Waals surface area (Å²) in [4.78, 5) is 40.1. The van der Waals surface area contributed by atoms with E-state index >= 15 is 0 Å². The largest absolute Gasteiger partial charge is 0.427 e. The van der Waals surface area contributed by atoms with Gasteiger partial charge >= 0.3 is 11.9 Å².